The third-order valence-electron chi connectivity index (χ3n) is 4.89. The van der Waals surface area contributed by atoms with E-state index in [9.17, 15) is 9.59 Å². The molecular weight excluding hydrogens is 376 g/mol. The molecule has 0 bridgehead atoms. The van der Waals surface area contributed by atoms with E-state index in [4.69, 9.17) is 11.6 Å². The van der Waals surface area contributed by atoms with E-state index in [1.165, 1.54) is 12.6 Å². The van der Waals surface area contributed by atoms with Crippen LogP contribution in [0.25, 0.3) is 0 Å². The second-order valence-corrected chi connectivity index (χ2v) is 7.26. The average molecular weight is 401 g/mol. The number of piperazine rings is 1. The fraction of sp³-hybridized carbons (Fsp3) is 0.333. The van der Waals surface area contributed by atoms with Crippen molar-refractivity contribution >= 4 is 23.5 Å². The molecule has 1 saturated heterocycles. The Kier molecular flexibility index (Phi) is 7.03. The van der Waals surface area contributed by atoms with Crippen LogP contribution < -0.4 is 10.6 Å². The van der Waals surface area contributed by atoms with Crippen LogP contribution in [-0.4, -0.2) is 55.0 Å². The zero-order valence-corrected chi connectivity index (χ0v) is 16.7. The topological polar surface area (TPSA) is 64.7 Å². The fourth-order valence-electron chi connectivity index (χ4n) is 3.48. The van der Waals surface area contributed by atoms with Gasteiger partial charge >= 0.3 is 6.03 Å². The van der Waals surface area contributed by atoms with E-state index in [1.54, 1.807) is 0 Å². The molecule has 1 aliphatic heterocycles. The first kappa shape index (κ1) is 20.3. The maximum Gasteiger partial charge on any atom is 0.321 e. The molecule has 0 radical (unpaired) electrons. The van der Waals surface area contributed by atoms with E-state index in [0.29, 0.717) is 0 Å². The summed E-state index contributed by atoms with van der Waals surface area (Å²) in [4.78, 5) is 28.9. The molecule has 2 aromatic rings. The van der Waals surface area contributed by atoms with Gasteiger partial charge in [0.2, 0.25) is 5.91 Å². The van der Waals surface area contributed by atoms with E-state index in [2.05, 4.69) is 26.5 Å². The maximum absolute atomic E-state index is 12.8. The van der Waals surface area contributed by atoms with Crippen LogP contribution in [0.4, 0.5) is 4.79 Å². The van der Waals surface area contributed by atoms with Gasteiger partial charge in [-0.25, -0.2) is 4.79 Å². The summed E-state index contributed by atoms with van der Waals surface area (Å²) in [5, 5.41) is 5.60. The third-order valence-corrected chi connectivity index (χ3v) is 5.13. The molecule has 0 saturated carbocycles. The molecule has 0 aromatic heterocycles. The van der Waals surface area contributed by atoms with Crippen LogP contribution in [0.15, 0.2) is 54.6 Å². The van der Waals surface area contributed by atoms with Gasteiger partial charge < -0.3 is 5.32 Å². The summed E-state index contributed by atoms with van der Waals surface area (Å²) in [5.41, 5.74) is 2.06. The Bertz CT molecular complexity index is 807. The summed E-state index contributed by atoms with van der Waals surface area (Å²) in [6, 6.07) is 16.5. The molecule has 1 unspecified atom stereocenters. The second-order valence-electron chi connectivity index (χ2n) is 6.82. The average Bonchev–Trinajstić information content (AvgIpc) is 2.70. The number of carbonyl (C=O) groups is 2. The molecular formula is C21H25ClN4O2. The summed E-state index contributed by atoms with van der Waals surface area (Å²) < 4.78 is 0. The minimum absolute atomic E-state index is 0.311. The zero-order valence-electron chi connectivity index (χ0n) is 15.9. The van der Waals surface area contributed by atoms with Crippen LogP contribution in [-0.2, 0) is 11.3 Å². The van der Waals surface area contributed by atoms with E-state index < -0.39 is 12.1 Å². The van der Waals surface area contributed by atoms with Crippen molar-refractivity contribution in [3.63, 3.8) is 0 Å². The van der Waals surface area contributed by atoms with Crippen LogP contribution in [0.3, 0.4) is 0 Å². The van der Waals surface area contributed by atoms with Gasteiger partial charge in [-0.2, -0.15) is 0 Å². The number of benzene rings is 2. The standard InChI is InChI=1S/C21H25ClN4O2/c1-23-21(28)24-20(27)19(17-7-3-2-4-8-17)26-12-10-25(11-13-26)15-16-6-5-9-18(22)14-16/h2-9,14,19H,10-13,15H2,1H3,(H2,23,24,27,28). The molecule has 2 aromatic carbocycles. The van der Waals surface area contributed by atoms with Crippen molar-refractivity contribution in [1.29, 1.82) is 0 Å². The Balaban J connectivity index is 1.67. The highest BCUT2D eigenvalue weighted by Gasteiger charge is 2.31. The molecule has 1 fully saturated rings. The van der Waals surface area contributed by atoms with E-state index in [1.807, 2.05) is 48.5 Å². The first-order valence-corrected chi connectivity index (χ1v) is 9.73. The number of urea groups is 1. The minimum Gasteiger partial charge on any atom is -0.341 e. The Morgan fingerprint density at radius 3 is 2.39 bits per heavy atom. The molecule has 6 nitrogen and oxygen atoms in total. The molecule has 3 amide bonds. The van der Waals surface area contributed by atoms with Gasteiger partial charge in [0, 0.05) is 44.8 Å². The number of hydrogen-bond donors (Lipinski definition) is 2. The van der Waals surface area contributed by atoms with Crippen LogP contribution in [0.1, 0.15) is 17.2 Å². The zero-order chi connectivity index (χ0) is 19.9. The number of carbonyl (C=O) groups excluding carboxylic acids is 2. The van der Waals surface area contributed by atoms with Crippen molar-refractivity contribution in [3.8, 4) is 0 Å². The normalized spacial score (nSPS) is 16.4. The first-order chi connectivity index (χ1) is 13.6. The predicted molar refractivity (Wildman–Crippen MR) is 110 cm³/mol. The highest BCUT2D eigenvalue weighted by molar-refractivity contribution is 6.30. The number of halogens is 1. The minimum atomic E-state index is -0.495. The summed E-state index contributed by atoms with van der Waals surface area (Å²) >= 11 is 6.08. The summed E-state index contributed by atoms with van der Waals surface area (Å²) in [6.07, 6.45) is 0. The lowest BCUT2D eigenvalue weighted by atomic mass is 10.0. The van der Waals surface area contributed by atoms with Gasteiger partial charge in [0.05, 0.1) is 0 Å². The number of nitrogens with one attached hydrogen (secondary N) is 2. The largest absolute Gasteiger partial charge is 0.341 e. The van der Waals surface area contributed by atoms with Crippen molar-refractivity contribution in [2.24, 2.45) is 0 Å². The molecule has 1 atom stereocenters. The molecule has 28 heavy (non-hydrogen) atoms. The number of nitrogens with zero attached hydrogens (tertiary/aromatic N) is 2. The van der Waals surface area contributed by atoms with Gasteiger partial charge in [0.25, 0.3) is 0 Å². The third kappa shape index (κ3) is 5.32. The second kappa shape index (κ2) is 9.68. The van der Waals surface area contributed by atoms with Crippen molar-refractivity contribution < 1.29 is 9.59 Å². The molecule has 0 spiro atoms. The molecule has 0 aliphatic carbocycles. The lowest BCUT2D eigenvalue weighted by molar-refractivity contribution is -0.126. The van der Waals surface area contributed by atoms with E-state index >= 15 is 0 Å². The number of imide groups is 1. The summed E-state index contributed by atoms with van der Waals surface area (Å²) in [7, 11) is 1.49. The number of hydrogen-bond acceptors (Lipinski definition) is 4. The molecule has 3 rings (SSSR count). The highest BCUT2D eigenvalue weighted by Crippen LogP contribution is 2.23. The maximum atomic E-state index is 12.8. The lowest BCUT2D eigenvalue weighted by Gasteiger charge is -2.38. The fourth-order valence-corrected chi connectivity index (χ4v) is 3.69. The Labute approximate surface area is 170 Å². The van der Waals surface area contributed by atoms with Gasteiger partial charge in [-0.05, 0) is 23.3 Å². The van der Waals surface area contributed by atoms with Crippen LogP contribution >= 0.6 is 11.6 Å². The van der Waals surface area contributed by atoms with Crippen molar-refractivity contribution in [2.45, 2.75) is 12.6 Å². The molecule has 7 heteroatoms. The van der Waals surface area contributed by atoms with Gasteiger partial charge in [-0.3, -0.25) is 19.9 Å². The van der Waals surface area contributed by atoms with Crippen molar-refractivity contribution in [1.82, 2.24) is 20.4 Å². The summed E-state index contributed by atoms with van der Waals surface area (Å²) in [6.45, 7) is 3.98. The van der Waals surface area contributed by atoms with Crippen LogP contribution in [0.2, 0.25) is 5.02 Å². The summed E-state index contributed by atoms with van der Waals surface area (Å²) in [5.74, 6) is -0.311. The lowest BCUT2D eigenvalue weighted by Crippen LogP contribution is -2.52. The molecule has 148 valence electrons. The Morgan fingerprint density at radius 2 is 1.75 bits per heavy atom. The van der Waals surface area contributed by atoms with Crippen LogP contribution in [0.5, 0.6) is 0 Å². The van der Waals surface area contributed by atoms with Crippen molar-refractivity contribution in [3.05, 3.63) is 70.7 Å². The Hall–Kier alpha value is -2.41. The van der Waals surface area contributed by atoms with E-state index in [0.717, 1.165) is 43.3 Å². The monoisotopic (exact) mass is 400 g/mol. The molecule has 2 N–H and O–H groups in total. The smallest absolute Gasteiger partial charge is 0.321 e. The van der Waals surface area contributed by atoms with Crippen LogP contribution in [0, 0.1) is 0 Å². The highest BCUT2D eigenvalue weighted by atomic mass is 35.5. The molecule has 1 heterocycles. The van der Waals surface area contributed by atoms with Gasteiger partial charge in [-0.1, -0.05) is 54.1 Å². The quantitative estimate of drug-likeness (QED) is 0.809. The predicted octanol–water partition coefficient (Wildman–Crippen LogP) is 2.65. The SMILES string of the molecule is CNC(=O)NC(=O)C(c1ccccc1)N1CCN(Cc2cccc(Cl)c2)CC1. The van der Waals surface area contributed by atoms with Gasteiger partial charge in [0.15, 0.2) is 0 Å². The van der Waals surface area contributed by atoms with E-state index in [-0.39, 0.29) is 5.91 Å². The molecule has 1 aliphatic rings. The van der Waals surface area contributed by atoms with Crippen molar-refractivity contribution in [2.75, 3.05) is 33.2 Å². The number of amides is 3. The van der Waals surface area contributed by atoms with Gasteiger partial charge in [-0.15, -0.1) is 0 Å². The first-order valence-electron chi connectivity index (χ1n) is 9.35. The number of rotatable bonds is 5. The Morgan fingerprint density at radius 1 is 1.04 bits per heavy atom. The van der Waals surface area contributed by atoms with Gasteiger partial charge in [0.1, 0.15) is 6.04 Å².